The second-order valence-corrected chi connectivity index (χ2v) is 6.87. The second kappa shape index (κ2) is 4.91. The number of hydrogen-bond acceptors (Lipinski definition) is 3. The number of carbonyl (C=O) groups excluding carboxylic acids is 1. The Labute approximate surface area is 120 Å². The summed E-state index contributed by atoms with van der Waals surface area (Å²) in [5.41, 5.74) is -1.22. The minimum Gasteiger partial charge on any atom is -0.480 e. The topological polar surface area (TPSA) is 72.9 Å². The summed E-state index contributed by atoms with van der Waals surface area (Å²) in [6.07, 6.45) is 1.74. The highest BCUT2D eigenvalue weighted by atomic mass is 16.4. The smallest absolute Gasteiger partial charge is 0.329 e. The Morgan fingerprint density at radius 1 is 1.30 bits per heavy atom. The van der Waals surface area contributed by atoms with Crippen LogP contribution in [-0.2, 0) is 4.79 Å². The standard InChI is InChI=1S/C14H25N3O3/c1-13(2)9-17(8-7-16(13)4)12(20)15-14(3,11(18)19)10-5-6-10/h10H,5-9H2,1-4H3,(H,15,20)(H,18,19). The van der Waals surface area contributed by atoms with Gasteiger partial charge >= 0.3 is 12.0 Å². The van der Waals surface area contributed by atoms with Crippen LogP contribution in [0.1, 0.15) is 33.6 Å². The van der Waals surface area contributed by atoms with E-state index in [-0.39, 0.29) is 17.5 Å². The van der Waals surface area contributed by atoms with Gasteiger partial charge in [0.1, 0.15) is 5.54 Å². The zero-order chi connectivity index (χ0) is 15.1. The van der Waals surface area contributed by atoms with E-state index in [4.69, 9.17) is 0 Å². The summed E-state index contributed by atoms with van der Waals surface area (Å²) < 4.78 is 0. The molecule has 2 aliphatic rings. The number of urea groups is 1. The van der Waals surface area contributed by atoms with Crippen LogP contribution in [0.4, 0.5) is 4.79 Å². The number of rotatable bonds is 3. The van der Waals surface area contributed by atoms with Gasteiger partial charge in [-0.2, -0.15) is 0 Å². The van der Waals surface area contributed by atoms with Crippen molar-refractivity contribution in [2.75, 3.05) is 26.7 Å². The molecule has 0 aromatic carbocycles. The lowest BCUT2D eigenvalue weighted by atomic mass is 9.96. The third-order valence-corrected chi connectivity index (χ3v) is 4.81. The van der Waals surface area contributed by atoms with Crippen LogP contribution in [0.25, 0.3) is 0 Å². The van der Waals surface area contributed by atoms with Gasteiger partial charge in [-0.05, 0) is 46.6 Å². The lowest BCUT2D eigenvalue weighted by molar-refractivity contribution is -0.144. The molecule has 114 valence electrons. The van der Waals surface area contributed by atoms with Gasteiger partial charge in [0.25, 0.3) is 0 Å². The Kier molecular flexibility index (Phi) is 3.71. The average molecular weight is 283 g/mol. The van der Waals surface area contributed by atoms with Gasteiger partial charge in [0.15, 0.2) is 0 Å². The SMILES string of the molecule is CN1CCN(C(=O)NC(C)(C(=O)O)C2CC2)CC1(C)C. The molecule has 6 heteroatoms. The predicted octanol–water partition coefficient (Wildman–Crippen LogP) is 0.975. The van der Waals surface area contributed by atoms with E-state index in [2.05, 4.69) is 24.1 Å². The minimum atomic E-state index is -1.13. The fourth-order valence-electron chi connectivity index (χ4n) is 2.71. The molecule has 2 N–H and O–H groups in total. The van der Waals surface area contributed by atoms with Gasteiger partial charge in [0.05, 0.1) is 0 Å². The molecule has 2 fully saturated rings. The van der Waals surface area contributed by atoms with E-state index in [1.165, 1.54) is 0 Å². The molecular weight excluding hydrogens is 258 g/mol. The monoisotopic (exact) mass is 283 g/mol. The van der Waals surface area contributed by atoms with Crippen LogP contribution in [0.5, 0.6) is 0 Å². The molecule has 1 saturated carbocycles. The Morgan fingerprint density at radius 2 is 1.90 bits per heavy atom. The van der Waals surface area contributed by atoms with Crippen molar-refractivity contribution in [2.45, 2.75) is 44.7 Å². The third kappa shape index (κ3) is 2.75. The summed E-state index contributed by atoms with van der Waals surface area (Å²) in [5, 5.41) is 12.1. The van der Waals surface area contributed by atoms with Gasteiger partial charge in [0.2, 0.25) is 0 Å². The largest absolute Gasteiger partial charge is 0.480 e. The van der Waals surface area contributed by atoms with E-state index < -0.39 is 11.5 Å². The van der Waals surface area contributed by atoms with Crippen molar-refractivity contribution in [1.29, 1.82) is 0 Å². The van der Waals surface area contributed by atoms with Crippen LogP contribution < -0.4 is 5.32 Å². The fourth-order valence-corrected chi connectivity index (χ4v) is 2.71. The first-order valence-electron chi connectivity index (χ1n) is 7.18. The zero-order valence-corrected chi connectivity index (χ0v) is 12.8. The van der Waals surface area contributed by atoms with Crippen LogP contribution in [0, 0.1) is 5.92 Å². The molecule has 1 aliphatic heterocycles. The molecule has 1 aliphatic carbocycles. The third-order valence-electron chi connectivity index (χ3n) is 4.81. The molecule has 1 atom stereocenters. The first-order chi connectivity index (χ1) is 9.17. The van der Waals surface area contributed by atoms with Gasteiger partial charge in [-0.15, -0.1) is 0 Å². The summed E-state index contributed by atoms with van der Waals surface area (Å²) in [6.45, 7) is 7.83. The van der Waals surface area contributed by atoms with E-state index in [1.807, 2.05) is 7.05 Å². The fraction of sp³-hybridized carbons (Fsp3) is 0.857. The molecule has 1 heterocycles. The number of nitrogens with zero attached hydrogens (tertiary/aromatic N) is 2. The number of piperazine rings is 1. The lowest BCUT2D eigenvalue weighted by Gasteiger charge is -2.45. The quantitative estimate of drug-likeness (QED) is 0.809. The predicted molar refractivity (Wildman–Crippen MR) is 75.6 cm³/mol. The molecule has 0 radical (unpaired) electrons. The summed E-state index contributed by atoms with van der Waals surface area (Å²) in [7, 11) is 2.04. The normalized spacial score (nSPS) is 25.9. The van der Waals surface area contributed by atoms with Gasteiger partial charge in [-0.3, -0.25) is 4.90 Å². The van der Waals surface area contributed by atoms with Crippen LogP contribution >= 0.6 is 0 Å². The Morgan fingerprint density at radius 3 is 2.35 bits per heavy atom. The van der Waals surface area contributed by atoms with Crippen molar-refractivity contribution in [1.82, 2.24) is 15.1 Å². The lowest BCUT2D eigenvalue weighted by Crippen LogP contribution is -2.64. The maximum atomic E-state index is 12.4. The first-order valence-corrected chi connectivity index (χ1v) is 7.18. The Hall–Kier alpha value is -1.30. The van der Waals surface area contributed by atoms with Gasteiger partial charge in [-0.1, -0.05) is 0 Å². The molecule has 0 bridgehead atoms. The van der Waals surface area contributed by atoms with Crippen molar-refractivity contribution >= 4 is 12.0 Å². The highest BCUT2D eigenvalue weighted by molar-refractivity contribution is 5.86. The van der Waals surface area contributed by atoms with E-state index in [0.29, 0.717) is 13.1 Å². The van der Waals surface area contributed by atoms with Crippen molar-refractivity contribution in [3.8, 4) is 0 Å². The molecule has 0 spiro atoms. The highest BCUT2D eigenvalue weighted by Crippen LogP contribution is 2.39. The number of hydrogen-bond donors (Lipinski definition) is 2. The Balaban J connectivity index is 2.03. The molecule has 0 aromatic heterocycles. The number of amides is 2. The number of carbonyl (C=O) groups is 2. The summed E-state index contributed by atoms with van der Waals surface area (Å²) in [5.74, 6) is -0.883. The highest BCUT2D eigenvalue weighted by Gasteiger charge is 2.49. The molecule has 20 heavy (non-hydrogen) atoms. The molecule has 1 saturated heterocycles. The molecule has 6 nitrogen and oxygen atoms in total. The van der Waals surface area contributed by atoms with Crippen LogP contribution in [0.15, 0.2) is 0 Å². The summed E-state index contributed by atoms with van der Waals surface area (Å²) in [6, 6.07) is -0.261. The number of carboxylic acids is 1. The average Bonchev–Trinajstić information content (AvgIpc) is 3.16. The molecule has 2 amide bonds. The van der Waals surface area contributed by atoms with Crippen LogP contribution in [-0.4, -0.2) is 64.7 Å². The molecular formula is C14H25N3O3. The summed E-state index contributed by atoms with van der Waals surface area (Å²) >= 11 is 0. The zero-order valence-electron chi connectivity index (χ0n) is 12.8. The molecule has 0 aromatic rings. The maximum Gasteiger partial charge on any atom is 0.329 e. The van der Waals surface area contributed by atoms with Crippen LogP contribution in [0.3, 0.4) is 0 Å². The first kappa shape index (κ1) is 15.1. The van der Waals surface area contributed by atoms with E-state index in [0.717, 1.165) is 19.4 Å². The van der Waals surface area contributed by atoms with Crippen molar-refractivity contribution in [3.05, 3.63) is 0 Å². The maximum absolute atomic E-state index is 12.4. The number of nitrogens with one attached hydrogen (secondary N) is 1. The van der Waals surface area contributed by atoms with Crippen LogP contribution in [0.2, 0.25) is 0 Å². The number of carboxylic acid groups (broad SMARTS) is 1. The van der Waals surface area contributed by atoms with E-state index >= 15 is 0 Å². The molecule has 2 rings (SSSR count). The van der Waals surface area contributed by atoms with Gasteiger partial charge in [-0.25, -0.2) is 9.59 Å². The number of aliphatic carboxylic acids is 1. The van der Waals surface area contributed by atoms with E-state index in [1.54, 1.807) is 11.8 Å². The van der Waals surface area contributed by atoms with Crippen molar-refractivity contribution < 1.29 is 14.7 Å². The van der Waals surface area contributed by atoms with Gasteiger partial charge in [0, 0.05) is 25.2 Å². The second-order valence-electron chi connectivity index (χ2n) is 6.87. The Bertz CT molecular complexity index is 420. The van der Waals surface area contributed by atoms with Crippen molar-refractivity contribution in [2.24, 2.45) is 5.92 Å². The number of likely N-dealkylation sites (N-methyl/N-ethyl adjacent to an activating group) is 1. The molecule has 1 unspecified atom stereocenters. The summed E-state index contributed by atoms with van der Waals surface area (Å²) in [4.78, 5) is 27.8. The van der Waals surface area contributed by atoms with Crippen molar-refractivity contribution in [3.63, 3.8) is 0 Å². The minimum absolute atomic E-state index is 0.0597. The van der Waals surface area contributed by atoms with Gasteiger partial charge < -0.3 is 15.3 Å². The van der Waals surface area contributed by atoms with E-state index in [9.17, 15) is 14.7 Å².